The zero-order chi connectivity index (χ0) is 16.4. The van der Waals surface area contributed by atoms with Gasteiger partial charge in [0.2, 0.25) is 0 Å². The average molecular weight is 313 g/mol. The predicted octanol–water partition coefficient (Wildman–Crippen LogP) is 3.37. The van der Waals surface area contributed by atoms with E-state index in [4.69, 9.17) is 0 Å². The quantitative estimate of drug-likeness (QED) is 0.582. The van der Waals surface area contributed by atoms with Crippen molar-refractivity contribution in [1.29, 1.82) is 0 Å². The van der Waals surface area contributed by atoms with Crippen LogP contribution in [0.15, 0.2) is 83.8 Å². The Morgan fingerprint density at radius 2 is 1.50 bits per heavy atom. The van der Waals surface area contributed by atoms with Crippen LogP contribution in [0, 0.1) is 0 Å². The molecular formula is C20H15N3O. The first-order chi connectivity index (χ1) is 11.8. The summed E-state index contributed by atoms with van der Waals surface area (Å²) < 4.78 is 1.39. The standard InChI is InChI=1S/C20H15N3O/c24-20-17-11-5-4-10-16(17)18(14-15-8-2-1-3-9-15)22-23(20)19-12-6-7-13-21-19/h1-13H,14H2. The normalized spacial score (nSPS) is 10.8. The summed E-state index contributed by atoms with van der Waals surface area (Å²) >= 11 is 0. The molecular weight excluding hydrogens is 298 g/mol. The van der Waals surface area contributed by atoms with E-state index in [9.17, 15) is 4.79 Å². The molecule has 0 radical (unpaired) electrons. The van der Waals surface area contributed by atoms with Crippen LogP contribution in [-0.2, 0) is 6.42 Å². The summed E-state index contributed by atoms with van der Waals surface area (Å²) in [5, 5.41) is 6.15. The molecule has 4 aromatic rings. The highest BCUT2D eigenvalue weighted by molar-refractivity contribution is 5.84. The summed E-state index contributed by atoms with van der Waals surface area (Å²) in [5.41, 5.74) is 1.87. The minimum Gasteiger partial charge on any atom is -0.267 e. The summed E-state index contributed by atoms with van der Waals surface area (Å²) in [6.07, 6.45) is 2.32. The molecule has 0 saturated carbocycles. The Kier molecular flexibility index (Phi) is 3.63. The molecule has 0 spiro atoms. The lowest BCUT2D eigenvalue weighted by molar-refractivity contribution is 0.766. The van der Waals surface area contributed by atoms with Crippen LogP contribution in [0.1, 0.15) is 11.3 Å². The number of rotatable bonds is 3. The van der Waals surface area contributed by atoms with Gasteiger partial charge in [0.1, 0.15) is 0 Å². The first kappa shape index (κ1) is 14.3. The molecule has 4 rings (SSSR count). The minimum atomic E-state index is -0.152. The summed E-state index contributed by atoms with van der Waals surface area (Å²) in [6, 6.07) is 23.2. The summed E-state index contributed by atoms with van der Waals surface area (Å²) in [7, 11) is 0. The molecule has 116 valence electrons. The largest absolute Gasteiger partial charge is 0.280 e. The third-order valence-corrected chi connectivity index (χ3v) is 3.96. The highest BCUT2D eigenvalue weighted by atomic mass is 16.1. The molecule has 0 amide bonds. The van der Waals surface area contributed by atoms with E-state index in [-0.39, 0.29) is 5.56 Å². The van der Waals surface area contributed by atoms with Crippen LogP contribution in [0.4, 0.5) is 0 Å². The van der Waals surface area contributed by atoms with Gasteiger partial charge in [-0.05, 0) is 23.8 Å². The first-order valence-corrected chi connectivity index (χ1v) is 7.79. The van der Waals surface area contributed by atoms with Crippen molar-refractivity contribution in [3.63, 3.8) is 0 Å². The topological polar surface area (TPSA) is 47.8 Å². The van der Waals surface area contributed by atoms with E-state index in [1.807, 2.05) is 54.6 Å². The third kappa shape index (κ3) is 2.58. The highest BCUT2D eigenvalue weighted by Crippen LogP contribution is 2.17. The van der Waals surface area contributed by atoms with Crippen molar-refractivity contribution in [2.24, 2.45) is 0 Å². The Labute approximate surface area is 139 Å². The maximum atomic E-state index is 12.8. The molecule has 0 aliphatic heterocycles. The number of nitrogens with zero attached hydrogens (tertiary/aromatic N) is 3. The van der Waals surface area contributed by atoms with Crippen molar-refractivity contribution in [3.05, 3.63) is 101 Å². The fourth-order valence-electron chi connectivity index (χ4n) is 2.81. The molecule has 0 saturated heterocycles. The van der Waals surface area contributed by atoms with E-state index in [0.29, 0.717) is 17.6 Å². The number of hydrogen-bond acceptors (Lipinski definition) is 3. The minimum absolute atomic E-state index is 0.152. The van der Waals surface area contributed by atoms with Crippen molar-refractivity contribution in [1.82, 2.24) is 14.8 Å². The van der Waals surface area contributed by atoms with Gasteiger partial charge in [0.05, 0.1) is 11.1 Å². The van der Waals surface area contributed by atoms with Gasteiger partial charge in [0.15, 0.2) is 5.82 Å². The van der Waals surface area contributed by atoms with E-state index in [0.717, 1.165) is 16.6 Å². The molecule has 0 atom stereocenters. The van der Waals surface area contributed by atoms with Crippen LogP contribution < -0.4 is 5.56 Å². The van der Waals surface area contributed by atoms with Crippen molar-refractivity contribution >= 4 is 10.8 Å². The number of hydrogen-bond donors (Lipinski definition) is 0. The molecule has 4 heteroatoms. The second kappa shape index (κ2) is 6.08. The maximum Gasteiger partial charge on any atom is 0.280 e. The Balaban J connectivity index is 1.95. The molecule has 4 nitrogen and oxygen atoms in total. The first-order valence-electron chi connectivity index (χ1n) is 7.79. The van der Waals surface area contributed by atoms with Gasteiger partial charge in [0.25, 0.3) is 5.56 Å². The number of benzene rings is 2. The molecule has 0 N–H and O–H groups in total. The molecule has 0 fully saturated rings. The van der Waals surface area contributed by atoms with Crippen LogP contribution in [0.2, 0.25) is 0 Å². The Bertz CT molecular complexity index is 1040. The lowest BCUT2D eigenvalue weighted by atomic mass is 10.0. The van der Waals surface area contributed by atoms with Crippen molar-refractivity contribution in [3.8, 4) is 5.82 Å². The van der Waals surface area contributed by atoms with E-state index in [1.165, 1.54) is 4.68 Å². The predicted molar refractivity (Wildman–Crippen MR) is 94.4 cm³/mol. The van der Waals surface area contributed by atoms with Gasteiger partial charge in [0, 0.05) is 18.0 Å². The molecule has 0 bridgehead atoms. The maximum absolute atomic E-state index is 12.8. The van der Waals surface area contributed by atoms with Gasteiger partial charge >= 0.3 is 0 Å². The zero-order valence-electron chi connectivity index (χ0n) is 13.0. The second-order valence-electron chi connectivity index (χ2n) is 5.56. The Morgan fingerprint density at radius 1 is 0.792 bits per heavy atom. The summed E-state index contributed by atoms with van der Waals surface area (Å²) in [5.74, 6) is 0.530. The van der Waals surface area contributed by atoms with Crippen molar-refractivity contribution in [2.45, 2.75) is 6.42 Å². The average Bonchev–Trinajstić information content (AvgIpc) is 2.66. The van der Waals surface area contributed by atoms with Crippen molar-refractivity contribution < 1.29 is 0 Å². The molecule has 2 heterocycles. The van der Waals surface area contributed by atoms with Gasteiger partial charge in [-0.25, -0.2) is 4.98 Å². The fraction of sp³-hybridized carbons (Fsp3) is 0.0500. The Hall–Kier alpha value is -3.27. The monoisotopic (exact) mass is 313 g/mol. The molecule has 24 heavy (non-hydrogen) atoms. The molecule has 0 aliphatic rings. The number of aromatic nitrogens is 3. The lowest BCUT2D eigenvalue weighted by Gasteiger charge is -2.10. The van der Waals surface area contributed by atoms with Gasteiger partial charge in [-0.2, -0.15) is 9.78 Å². The van der Waals surface area contributed by atoms with Crippen LogP contribution in [0.5, 0.6) is 0 Å². The lowest BCUT2D eigenvalue weighted by Crippen LogP contribution is -2.24. The van der Waals surface area contributed by atoms with Crippen LogP contribution >= 0.6 is 0 Å². The highest BCUT2D eigenvalue weighted by Gasteiger charge is 2.12. The second-order valence-corrected chi connectivity index (χ2v) is 5.56. The molecule has 0 unspecified atom stereocenters. The summed E-state index contributed by atoms with van der Waals surface area (Å²) in [4.78, 5) is 17.1. The smallest absolute Gasteiger partial charge is 0.267 e. The fourth-order valence-corrected chi connectivity index (χ4v) is 2.81. The SMILES string of the molecule is O=c1c2ccccc2c(Cc2ccccc2)nn1-c1ccccn1. The Morgan fingerprint density at radius 3 is 2.25 bits per heavy atom. The van der Waals surface area contributed by atoms with E-state index in [2.05, 4.69) is 22.2 Å². The van der Waals surface area contributed by atoms with Crippen LogP contribution in [0.3, 0.4) is 0 Å². The van der Waals surface area contributed by atoms with Gasteiger partial charge in [-0.1, -0.05) is 54.6 Å². The molecule has 0 aliphatic carbocycles. The summed E-state index contributed by atoms with van der Waals surface area (Å²) in [6.45, 7) is 0. The van der Waals surface area contributed by atoms with Crippen LogP contribution in [0.25, 0.3) is 16.6 Å². The number of fused-ring (bicyclic) bond motifs is 1. The van der Waals surface area contributed by atoms with E-state index >= 15 is 0 Å². The molecule has 2 aromatic carbocycles. The zero-order valence-corrected chi connectivity index (χ0v) is 13.0. The third-order valence-electron chi connectivity index (χ3n) is 3.96. The molecule has 2 aromatic heterocycles. The van der Waals surface area contributed by atoms with Gasteiger partial charge in [-0.15, -0.1) is 0 Å². The van der Waals surface area contributed by atoms with E-state index < -0.39 is 0 Å². The van der Waals surface area contributed by atoms with Crippen molar-refractivity contribution in [2.75, 3.05) is 0 Å². The van der Waals surface area contributed by atoms with Gasteiger partial charge in [-0.3, -0.25) is 4.79 Å². The van der Waals surface area contributed by atoms with Gasteiger partial charge < -0.3 is 0 Å². The van der Waals surface area contributed by atoms with E-state index in [1.54, 1.807) is 12.3 Å². The van der Waals surface area contributed by atoms with Crippen LogP contribution in [-0.4, -0.2) is 14.8 Å². The number of pyridine rings is 1.